The van der Waals surface area contributed by atoms with Crippen molar-refractivity contribution in [2.24, 2.45) is 16.0 Å². The van der Waals surface area contributed by atoms with Gasteiger partial charge in [0.1, 0.15) is 29.9 Å². The van der Waals surface area contributed by atoms with Crippen molar-refractivity contribution in [2.45, 2.75) is 11.4 Å². The second kappa shape index (κ2) is 9.00. The number of thiazole rings is 1. The second-order valence-electron chi connectivity index (χ2n) is 6.02. The van der Waals surface area contributed by atoms with E-state index in [0.717, 1.165) is 16.2 Å². The molecule has 0 radical (unpaired) electrons. The lowest BCUT2D eigenvalue weighted by molar-refractivity contribution is -0.150. The lowest BCUT2D eigenvalue weighted by atomic mass is 10.0. The Kier molecular flexibility index (Phi) is 6.40. The topological polar surface area (TPSA) is 221 Å². The van der Waals surface area contributed by atoms with Crippen molar-refractivity contribution in [2.75, 3.05) is 18.6 Å². The van der Waals surface area contributed by atoms with Crippen molar-refractivity contribution in [1.29, 1.82) is 5.41 Å². The summed E-state index contributed by atoms with van der Waals surface area (Å²) in [5.74, 6) is -2.87. The van der Waals surface area contributed by atoms with Gasteiger partial charge in [-0.3, -0.25) is 19.9 Å². The summed E-state index contributed by atoms with van der Waals surface area (Å²) in [6.45, 7) is 0. The van der Waals surface area contributed by atoms with Gasteiger partial charge in [0.25, 0.3) is 11.8 Å². The zero-order chi connectivity index (χ0) is 22.7. The number of anilines is 1. The highest BCUT2D eigenvalue weighted by molar-refractivity contribution is 8.00. The van der Waals surface area contributed by atoms with Crippen LogP contribution in [0.15, 0.2) is 26.9 Å². The molecule has 1 unspecified atom stereocenters. The van der Waals surface area contributed by atoms with E-state index in [0.29, 0.717) is 0 Å². The van der Waals surface area contributed by atoms with E-state index in [2.05, 4.69) is 26.0 Å². The molecule has 0 saturated carbocycles. The average molecular weight is 467 g/mol. The van der Waals surface area contributed by atoms with Crippen molar-refractivity contribution in [1.82, 2.24) is 20.6 Å². The number of amides is 2. The predicted molar refractivity (Wildman–Crippen MR) is 113 cm³/mol. The summed E-state index contributed by atoms with van der Waals surface area (Å²) in [6.07, 6.45) is 1.18. The molecule has 1 aromatic rings. The number of thioether (sulfide) groups is 1. The maximum absolute atomic E-state index is 12.7. The number of aromatic nitrogens is 1. The molecule has 14 nitrogen and oxygen atoms in total. The molecule has 0 aromatic carbocycles. The minimum Gasteiger partial charge on any atom is -0.477 e. The standard InChI is InChI=1S/C15H17N9O5S2/c1-29-23-7(6-4-31-15(18)20-6)10(25)21-8-11(26)24-9(13(27)28)5(3-30-12(8)24)2-19-22-14(16)17/h2,4,8,12H,3H2,1H3,(H2,18,20)(H,21,25)(H,27,28)(H4,16,17,22)/b19-2+,23-7-/t8?,12-/m1/s1. The van der Waals surface area contributed by atoms with E-state index in [9.17, 15) is 19.5 Å². The Labute approximate surface area is 182 Å². The molecule has 0 spiro atoms. The Hall–Kier alpha value is -3.66. The molecular formula is C15H17N9O5S2. The maximum atomic E-state index is 12.7. The number of nitrogens with one attached hydrogen (secondary N) is 3. The average Bonchev–Trinajstić information content (AvgIpc) is 3.14. The highest BCUT2D eigenvalue weighted by Crippen LogP contribution is 2.39. The van der Waals surface area contributed by atoms with Crippen LogP contribution in [0.2, 0.25) is 0 Å². The number of guanidine groups is 1. The van der Waals surface area contributed by atoms with Crippen LogP contribution in [0.4, 0.5) is 5.13 Å². The Morgan fingerprint density at radius 3 is 2.84 bits per heavy atom. The number of carboxylic acid groups (broad SMARTS) is 1. The highest BCUT2D eigenvalue weighted by Gasteiger charge is 2.54. The number of oxime groups is 1. The molecule has 1 aromatic heterocycles. The summed E-state index contributed by atoms with van der Waals surface area (Å²) in [5.41, 5.74) is 12.9. The largest absolute Gasteiger partial charge is 0.477 e. The summed E-state index contributed by atoms with van der Waals surface area (Å²) in [5, 5.41) is 27.6. The zero-order valence-electron chi connectivity index (χ0n) is 15.9. The van der Waals surface area contributed by atoms with Gasteiger partial charge < -0.3 is 26.7 Å². The third-order valence-corrected chi connectivity index (χ3v) is 6.03. The van der Waals surface area contributed by atoms with E-state index in [1.165, 1.54) is 30.5 Å². The number of rotatable bonds is 7. The molecule has 8 N–H and O–H groups in total. The monoisotopic (exact) mass is 467 g/mol. The number of β-lactam (4-membered cyclic amide) rings is 1. The number of hydrogen-bond acceptors (Lipinski definition) is 11. The van der Waals surface area contributed by atoms with Crippen LogP contribution in [0, 0.1) is 5.41 Å². The first-order chi connectivity index (χ1) is 14.7. The molecule has 2 amide bonds. The van der Waals surface area contributed by atoms with Crippen LogP contribution in [0.3, 0.4) is 0 Å². The van der Waals surface area contributed by atoms with Crippen molar-refractivity contribution in [3.8, 4) is 0 Å². The van der Waals surface area contributed by atoms with E-state index < -0.39 is 35.2 Å². The van der Waals surface area contributed by atoms with Gasteiger partial charge in [0, 0.05) is 16.7 Å². The van der Waals surface area contributed by atoms with Gasteiger partial charge in [-0.15, -0.1) is 23.1 Å². The fourth-order valence-electron chi connectivity index (χ4n) is 2.82. The van der Waals surface area contributed by atoms with E-state index in [1.54, 1.807) is 0 Å². The van der Waals surface area contributed by atoms with Gasteiger partial charge in [0.2, 0.25) is 5.96 Å². The molecule has 16 heteroatoms. The Bertz CT molecular complexity index is 1030. The Morgan fingerprint density at radius 2 is 2.26 bits per heavy atom. The van der Waals surface area contributed by atoms with Crippen LogP contribution in [-0.2, 0) is 19.2 Å². The zero-order valence-corrected chi connectivity index (χ0v) is 17.5. The number of nitrogen functional groups attached to an aromatic ring is 1. The minimum absolute atomic E-state index is 0.167. The molecule has 0 aliphatic carbocycles. The Balaban J connectivity index is 1.78. The van der Waals surface area contributed by atoms with Crippen LogP contribution >= 0.6 is 23.1 Å². The number of carbonyl (C=O) groups is 3. The first kappa shape index (κ1) is 22.0. The van der Waals surface area contributed by atoms with Crippen molar-refractivity contribution in [3.63, 3.8) is 0 Å². The van der Waals surface area contributed by atoms with Gasteiger partial charge in [0.05, 0.1) is 6.21 Å². The van der Waals surface area contributed by atoms with Crippen molar-refractivity contribution < 1.29 is 24.3 Å². The fourth-order valence-corrected chi connectivity index (χ4v) is 4.67. The first-order valence-corrected chi connectivity index (χ1v) is 10.3. The number of nitrogens with two attached hydrogens (primary N) is 2. The molecular weight excluding hydrogens is 450 g/mol. The number of hydrogen-bond donors (Lipinski definition) is 6. The number of carbonyl (C=O) groups excluding carboxylic acids is 2. The molecule has 1 fully saturated rings. The smallest absolute Gasteiger partial charge is 0.353 e. The molecule has 2 atom stereocenters. The number of nitrogens with zero attached hydrogens (tertiary/aromatic N) is 4. The summed E-state index contributed by atoms with van der Waals surface area (Å²) in [4.78, 5) is 46.9. The fraction of sp³-hybridized carbons (Fsp3) is 0.267. The SMILES string of the molecule is CO/N=C(\C(=O)NC1C(=O)N2C(C(=O)O)=C(/C=N/NC(=N)N)CS[C@H]12)c1csc(N)n1. The van der Waals surface area contributed by atoms with Gasteiger partial charge in [-0.05, 0) is 0 Å². The van der Waals surface area contributed by atoms with Gasteiger partial charge >= 0.3 is 5.97 Å². The quantitative estimate of drug-likeness (QED) is 0.115. The van der Waals surface area contributed by atoms with Crippen molar-refractivity contribution >= 4 is 63.9 Å². The van der Waals surface area contributed by atoms with Crippen LogP contribution in [-0.4, -0.2) is 74.9 Å². The third-order valence-electron chi connectivity index (χ3n) is 4.05. The molecule has 3 heterocycles. The number of aliphatic carboxylic acids is 1. The van der Waals surface area contributed by atoms with Gasteiger partial charge in [-0.25, -0.2) is 15.2 Å². The second-order valence-corrected chi connectivity index (χ2v) is 8.01. The molecule has 164 valence electrons. The van der Waals surface area contributed by atoms with Gasteiger partial charge in [0.15, 0.2) is 10.8 Å². The summed E-state index contributed by atoms with van der Waals surface area (Å²) < 4.78 is 0. The van der Waals surface area contributed by atoms with E-state index >= 15 is 0 Å². The van der Waals surface area contributed by atoms with Crippen LogP contribution < -0.4 is 22.2 Å². The first-order valence-electron chi connectivity index (χ1n) is 8.42. The van der Waals surface area contributed by atoms with E-state index in [-0.39, 0.29) is 33.6 Å². The molecule has 0 bridgehead atoms. The Morgan fingerprint density at radius 1 is 1.52 bits per heavy atom. The molecule has 2 aliphatic rings. The highest BCUT2D eigenvalue weighted by atomic mass is 32.2. The van der Waals surface area contributed by atoms with Crippen LogP contribution in [0.1, 0.15) is 5.69 Å². The van der Waals surface area contributed by atoms with E-state index in [1.807, 2.05) is 0 Å². The minimum atomic E-state index is -1.33. The summed E-state index contributed by atoms with van der Waals surface area (Å²) in [7, 11) is 1.25. The number of carboxylic acids is 1. The van der Waals surface area contributed by atoms with Crippen LogP contribution in [0.25, 0.3) is 0 Å². The maximum Gasteiger partial charge on any atom is 0.353 e. The molecule has 2 aliphatic heterocycles. The molecule has 31 heavy (non-hydrogen) atoms. The number of fused-ring (bicyclic) bond motifs is 1. The lowest BCUT2D eigenvalue weighted by Crippen LogP contribution is -2.71. The molecule has 1 saturated heterocycles. The molecule has 3 rings (SSSR count). The van der Waals surface area contributed by atoms with Gasteiger partial charge in [-0.2, -0.15) is 5.10 Å². The van der Waals surface area contributed by atoms with Gasteiger partial charge in [-0.1, -0.05) is 5.16 Å². The predicted octanol–water partition coefficient (Wildman–Crippen LogP) is -1.72. The normalized spacial score (nSPS) is 20.9. The summed E-state index contributed by atoms with van der Waals surface area (Å²) in [6, 6.07) is -0.973. The summed E-state index contributed by atoms with van der Waals surface area (Å²) >= 11 is 2.35. The third kappa shape index (κ3) is 4.43. The van der Waals surface area contributed by atoms with Crippen LogP contribution in [0.5, 0.6) is 0 Å². The lowest BCUT2D eigenvalue weighted by Gasteiger charge is -2.49. The van der Waals surface area contributed by atoms with E-state index in [4.69, 9.17) is 21.7 Å². The van der Waals surface area contributed by atoms with Crippen molar-refractivity contribution in [3.05, 3.63) is 22.3 Å². The number of hydrazone groups is 1.